The minimum absolute atomic E-state index is 0. The third-order valence-corrected chi connectivity index (χ3v) is 6.56. The van der Waals surface area contributed by atoms with Crippen molar-refractivity contribution in [2.24, 2.45) is 4.99 Å². The molecule has 2 saturated heterocycles. The molecule has 2 fully saturated rings. The zero-order chi connectivity index (χ0) is 19.9. The Balaban J connectivity index is 0.00000300. The van der Waals surface area contributed by atoms with Crippen molar-refractivity contribution in [2.75, 3.05) is 43.4 Å². The molecular weight excluding hydrogens is 497 g/mol. The first kappa shape index (κ1) is 24.5. The zero-order valence-corrected chi connectivity index (χ0v) is 21.3. The number of aromatic nitrogens is 1. The smallest absolute Gasteiger partial charge is 0.194 e. The third kappa shape index (κ3) is 7.17. The van der Waals surface area contributed by atoms with E-state index in [4.69, 9.17) is 14.7 Å². The van der Waals surface area contributed by atoms with E-state index >= 15 is 0 Å². The van der Waals surface area contributed by atoms with Gasteiger partial charge in [-0.3, -0.25) is 0 Å². The summed E-state index contributed by atoms with van der Waals surface area (Å²) in [7, 11) is 0. The van der Waals surface area contributed by atoms with E-state index in [1.54, 1.807) is 0 Å². The molecule has 0 spiro atoms. The van der Waals surface area contributed by atoms with Gasteiger partial charge >= 0.3 is 0 Å². The van der Waals surface area contributed by atoms with Crippen LogP contribution in [0.5, 0.6) is 0 Å². The maximum Gasteiger partial charge on any atom is 0.194 e. The highest BCUT2D eigenvalue weighted by molar-refractivity contribution is 14.0. The third-order valence-electron chi connectivity index (χ3n) is 5.19. The van der Waals surface area contributed by atoms with Gasteiger partial charge < -0.3 is 19.9 Å². The lowest BCUT2D eigenvalue weighted by molar-refractivity contribution is -0.00545. The largest absolute Gasteiger partial charge is 0.372 e. The summed E-state index contributed by atoms with van der Waals surface area (Å²) in [6.07, 6.45) is 3.66. The molecule has 0 amide bonds. The Bertz CT molecular complexity index is 634. The van der Waals surface area contributed by atoms with Gasteiger partial charge in [-0.25, -0.2) is 9.98 Å². The molecule has 2 aliphatic heterocycles. The van der Waals surface area contributed by atoms with Gasteiger partial charge in [-0.1, -0.05) is 13.0 Å². The predicted octanol–water partition coefficient (Wildman–Crippen LogP) is 3.61. The second-order valence-corrected chi connectivity index (χ2v) is 9.11. The average Bonchev–Trinajstić information content (AvgIpc) is 2.71. The molecule has 8 heteroatoms. The van der Waals surface area contributed by atoms with Gasteiger partial charge in [0, 0.05) is 49.9 Å². The molecule has 0 saturated carbocycles. The zero-order valence-electron chi connectivity index (χ0n) is 18.1. The van der Waals surface area contributed by atoms with Gasteiger partial charge in [-0.05, 0) is 38.8 Å². The fourth-order valence-corrected chi connectivity index (χ4v) is 4.99. The van der Waals surface area contributed by atoms with E-state index in [9.17, 15) is 0 Å². The standard InChI is InChI=1S/C21H35N5OS.HI/c1-5-19-15-25(9-10-28-19)21(22-6-2)24-12-18-7-8-20(23-11-18)26-13-16(3)27-17(4)14-26;/h7-8,11,16-17,19H,5-6,9-10,12-15H2,1-4H3,(H,22,24);1H. The number of anilines is 1. The summed E-state index contributed by atoms with van der Waals surface area (Å²) in [5, 5.41) is 4.17. The lowest BCUT2D eigenvalue weighted by Crippen LogP contribution is -2.48. The van der Waals surface area contributed by atoms with Gasteiger partial charge in [0.1, 0.15) is 5.82 Å². The summed E-state index contributed by atoms with van der Waals surface area (Å²) < 4.78 is 5.82. The highest BCUT2D eigenvalue weighted by Crippen LogP contribution is 2.21. The Kier molecular flexibility index (Phi) is 10.3. The topological polar surface area (TPSA) is 53.0 Å². The van der Waals surface area contributed by atoms with Crippen LogP contribution in [0.25, 0.3) is 0 Å². The number of ether oxygens (including phenoxy) is 1. The number of pyridine rings is 1. The number of hydrogen-bond acceptors (Lipinski definition) is 5. The van der Waals surface area contributed by atoms with E-state index in [2.05, 4.69) is 66.7 Å². The Morgan fingerprint density at radius 3 is 2.62 bits per heavy atom. The second kappa shape index (κ2) is 12.2. The van der Waals surface area contributed by atoms with Crippen LogP contribution >= 0.6 is 35.7 Å². The van der Waals surface area contributed by atoms with Crippen LogP contribution < -0.4 is 10.2 Å². The molecule has 0 aromatic carbocycles. The van der Waals surface area contributed by atoms with E-state index < -0.39 is 0 Å². The number of halogens is 1. The Morgan fingerprint density at radius 2 is 2.00 bits per heavy atom. The molecule has 1 aromatic heterocycles. The summed E-state index contributed by atoms with van der Waals surface area (Å²) in [5.41, 5.74) is 1.15. The molecule has 2 aliphatic rings. The highest BCUT2D eigenvalue weighted by Gasteiger charge is 2.23. The SMILES string of the molecule is CCNC(=NCc1ccc(N2CC(C)OC(C)C2)nc1)N1CCSC(CC)C1.I. The average molecular weight is 534 g/mol. The molecule has 164 valence electrons. The minimum atomic E-state index is 0. The molecule has 0 radical (unpaired) electrons. The molecule has 0 aliphatic carbocycles. The Labute approximate surface area is 197 Å². The van der Waals surface area contributed by atoms with E-state index in [0.29, 0.717) is 11.8 Å². The fraction of sp³-hybridized carbons (Fsp3) is 0.714. The number of aliphatic imine (C=N–C) groups is 1. The lowest BCUT2D eigenvalue weighted by Gasteiger charge is -2.36. The van der Waals surface area contributed by atoms with Crippen LogP contribution in [-0.2, 0) is 11.3 Å². The van der Waals surface area contributed by atoms with Crippen molar-refractivity contribution in [3.63, 3.8) is 0 Å². The molecular formula is C21H36IN5OS. The number of nitrogens with zero attached hydrogens (tertiary/aromatic N) is 4. The summed E-state index contributed by atoms with van der Waals surface area (Å²) in [4.78, 5) is 14.3. The number of nitrogens with one attached hydrogen (secondary N) is 1. The van der Waals surface area contributed by atoms with Crippen LogP contribution in [0.4, 0.5) is 5.82 Å². The van der Waals surface area contributed by atoms with Crippen molar-refractivity contribution in [3.05, 3.63) is 23.9 Å². The lowest BCUT2D eigenvalue weighted by atomic mass is 10.2. The molecule has 1 aromatic rings. The molecule has 6 nitrogen and oxygen atoms in total. The second-order valence-electron chi connectivity index (χ2n) is 7.70. The normalized spacial score (nSPS) is 25.5. The van der Waals surface area contributed by atoms with Crippen LogP contribution in [0.3, 0.4) is 0 Å². The van der Waals surface area contributed by atoms with Crippen molar-refractivity contribution in [1.29, 1.82) is 0 Å². The van der Waals surface area contributed by atoms with Crippen LogP contribution in [-0.4, -0.2) is 71.8 Å². The van der Waals surface area contributed by atoms with Crippen molar-refractivity contribution < 1.29 is 4.74 Å². The van der Waals surface area contributed by atoms with Gasteiger partial charge in [0.2, 0.25) is 0 Å². The van der Waals surface area contributed by atoms with E-state index in [1.807, 2.05) is 6.20 Å². The number of thioether (sulfide) groups is 1. The van der Waals surface area contributed by atoms with E-state index in [1.165, 1.54) is 12.2 Å². The van der Waals surface area contributed by atoms with Crippen molar-refractivity contribution in [2.45, 2.75) is 58.1 Å². The number of morpholine rings is 1. The molecule has 3 rings (SSSR count). The van der Waals surface area contributed by atoms with Crippen LogP contribution in [0.2, 0.25) is 0 Å². The first-order valence-electron chi connectivity index (χ1n) is 10.6. The first-order valence-corrected chi connectivity index (χ1v) is 11.6. The van der Waals surface area contributed by atoms with Crippen molar-refractivity contribution in [3.8, 4) is 0 Å². The first-order chi connectivity index (χ1) is 13.6. The van der Waals surface area contributed by atoms with Crippen molar-refractivity contribution >= 4 is 47.5 Å². The number of guanidine groups is 1. The number of rotatable bonds is 5. The molecule has 29 heavy (non-hydrogen) atoms. The quantitative estimate of drug-likeness (QED) is 0.355. The molecule has 3 unspecified atom stereocenters. The van der Waals surface area contributed by atoms with Gasteiger partial charge in [0.25, 0.3) is 0 Å². The van der Waals surface area contributed by atoms with Crippen molar-refractivity contribution in [1.82, 2.24) is 15.2 Å². The minimum Gasteiger partial charge on any atom is -0.372 e. The predicted molar refractivity (Wildman–Crippen MR) is 135 cm³/mol. The molecule has 1 N–H and O–H groups in total. The molecule has 0 bridgehead atoms. The highest BCUT2D eigenvalue weighted by atomic mass is 127. The van der Waals surface area contributed by atoms with Crippen LogP contribution in [0, 0.1) is 0 Å². The van der Waals surface area contributed by atoms with Crippen LogP contribution in [0.1, 0.15) is 39.7 Å². The number of hydrogen-bond donors (Lipinski definition) is 1. The Morgan fingerprint density at radius 1 is 1.24 bits per heavy atom. The monoisotopic (exact) mass is 533 g/mol. The van der Waals surface area contributed by atoms with E-state index in [0.717, 1.165) is 50.1 Å². The van der Waals surface area contributed by atoms with Crippen LogP contribution in [0.15, 0.2) is 23.3 Å². The Hall–Kier alpha value is -0.740. The van der Waals surface area contributed by atoms with Gasteiger partial charge in [-0.2, -0.15) is 11.8 Å². The van der Waals surface area contributed by atoms with Gasteiger partial charge in [-0.15, -0.1) is 24.0 Å². The summed E-state index contributed by atoms with van der Waals surface area (Å²) >= 11 is 2.08. The maximum atomic E-state index is 5.82. The summed E-state index contributed by atoms with van der Waals surface area (Å²) in [6.45, 7) is 14.1. The summed E-state index contributed by atoms with van der Waals surface area (Å²) in [5.74, 6) is 3.23. The molecule has 3 heterocycles. The van der Waals surface area contributed by atoms with Gasteiger partial charge in [0.15, 0.2) is 5.96 Å². The van der Waals surface area contributed by atoms with Gasteiger partial charge in [0.05, 0.1) is 18.8 Å². The molecule has 3 atom stereocenters. The maximum absolute atomic E-state index is 5.82. The van der Waals surface area contributed by atoms with E-state index in [-0.39, 0.29) is 36.2 Å². The summed E-state index contributed by atoms with van der Waals surface area (Å²) in [6, 6.07) is 4.27. The fourth-order valence-electron chi connectivity index (χ4n) is 3.81.